The third-order valence-electron chi connectivity index (χ3n) is 3.22. The van der Waals surface area contributed by atoms with Crippen LogP contribution in [-0.2, 0) is 0 Å². The van der Waals surface area contributed by atoms with Crippen molar-refractivity contribution in [1.29, 1.82) is 0 Å². The van der Waals surface area contributed by atoms with E-state index in [0.717, 1.165) is 12.1 Å². The van der Waals surface area contributed by atoms with Crippen molar-refractivity contribution in [1.82, 2.24) is 10.3 Å². The molecule has 2 N–H and O–H groups in total. The van der Waals surface area contributed by atoms with Crippen LogP contribution in [0.1, 0.15) is 23.7 Å². The fourth-order valence-corrected chi connectivity index (χ4v) is 2.04. The second-order valence-corrected chi connectivity index (χ2v) is 4.91. The van der Waals surface area contributed by atoms with Gasteiger partial charge in [-0.1, -0.05) is 6.92 Å². The zero-order valence-corrected chi connectivity index (χ0v) is 13.6. The van der Waals surface area contributed by atoms with Gasteiger partial charge in [0.25, 0.3) is 5.91 Å². The van der Waals surface area contributed by atoms with E-state index in [4.69, 9.17) is 9.47 Å². The Balaban J connectivity index is 2.22. The predicted octanol–water partition coefficient (Wildman–Crippen LogP) is 2.98. The second-order valence-electron chi connectivity index (χ2n) is 4.91. The van der Waals surface area contributed by atoms with Gasteiger partial charge < -0.3 is 20.1 Å². The van der Waals surface area contributed by atoms with Gasteiger partial charge >= 0.3 is 0 Å². The Morgan fingerprint density at radius 3 is 2.70 bits per heavy atom. The number of hydrogen-bond donors (Lipinski definition) is 2. The van der Waals surface area contributed by atoms with Crippen molar-refractivity contribution in [2.24, 2.45) is 0 Å². The highest BCUT2D eigenvalue weighted by Gasteiger charge is 2.09. The molecule has 23 heavy (non-hydrogen) atoms. The molecule has 0 radical (unpaired) electrons. The van der Waals surface area contributed by atoms with Gasteiger partial charge in [0.1, 0.15) is 11.5 Å². The zero-order valence-electron chi connectivity index (χ0n) is 13.6. The second kappa shape index (κ2) is 8.03. The highest BCUT2D eigenvalue weighted by atomic mass is 16.5. The molecule has 0 bridgehead atoms. The number of ether oxygens (including phenoxy) is 2. The molecule has 0 atom stereocenters. The quantitative estimate of drug-likeness (QED) is 0.822. The first-order valence-corrected chi connectivity index (χ1v) is 7.40. The van der Waals surface area contributed by atoms with Crippen molar-refractivity contribution in [3.8, 4) is 11.5 Å². The summed E-state index contributed by atoms with van der Waals surface area (Å²) in [5, 5.41) is 6.03. The number of carbonyl (C=O) groups is 1. The van der Waals surface area contributed by atoms with E-state index < -0.39 is 0 Å². The summed E-state index contributed by atoms with van der Waals surface area (Å²) in [5.74, 6) is 1.24. The molecule has 0 aliphatic carbocycles. The zero-order chi connectivity index (χ0) is 16.7. The van der Waals surface area contributed by atoms with Gasteiger partial charge in [0.2, 0.25) is 0 Å². The van der Waals surface area contributed by atoms with Crippen molar-refractivity contribution in [2.75, 3.05) is 26.1 Å². The van der Waals surface area contributed by atoms with Crippen LogP contribution >= 0.6 is 0 Å². The molecule has 122 valence electrons. The predicted molar refractivity (Wildman–Crippen MR) is 89.7 cm³/mol. The first-order valence-electron chi connectivity index (χ1n) is 7.40. The number of anilines is 2. The standard InChI is InChI=1S/C17H21N3O3/c1-4-7-19-17(21)12-8-13(11-18-10-12)20-15-9-14(22-2)5-6-16(15)23-3/h5-6,8-11,20H,4,7H2,1-3H3,(H,19,21). The number of benzene rings is 1. The fraction of sp³-hybridized carbons (Fsp3) is 0.294. The summed E-state index contributed by atoms with van der Waals surface area (Å²) < 4.78 is 10.6. The van der Waals surface area contributed by atoms with Gasteiger partial charge in [-0.3, -0.25) is 9.78 Å². The lowest BCUT2D eigenvalue weighted by atomic mass is 10.2. The molecule has 0 unspecified atom stereocenters. The van der Waals surface area contributed by atoms with E-state index in [1.807, 2.05) is 25.1 Å². The van der Waals surface area contributed by atoms with E-state index in [0.29, 0.717) is 29.3 Å². The summed E-state index contributed by atoms with van der Waals surface area (Å²) >= 11 is 0. The van der Waals surface area contributed by atoms with Gasteiger partial charge in [0.15, 0.2) is 0 Å². The van der Waals surface area contributed by atoms with Gasteiger partial charge in [-0.05, 0) is 24.6 Å². The maximum absolute atomic E-state index is 12.0. The van der Waals surface area contributed by atoms with E-state index in [1.54, 1.807) is 32.7 Å². The average molecular weight is 315 g/mol. The number of nitrogens with one attached hydrogen (secondary N) is 2. The van der Waals surface area contributed by atoms with Crippen molar-refractivity contribution < 1.29 is 14.3 Å². The van der Waals surface area contributed by atoms with Gasteiger partial charge in [0, 0.05) is 18.8 Å². The minimum absolute atomic E-state index is 0.138. The molecule has 1 aromatic carbocycles. The molecule has 1 heterocycles. The summed E-state index contributed by atoms with van der Waals surface area (Å²) in [7, 11) is 3.20. The molecule has 2 aromatic rings. The van der Waals surface area contributed by atoms with Crippen molar-refractivity contribution in [2.45, 2.75) is 13.3 Å². The number of pyridine rings is 1. The Morgan fingerprint density at radius 1 is 1.17 bits per heavy atom. The third-order valence-corrected chi connectivity index (χ3v) is 3.22. The van der Waals surface area contributed by atoms with E-state index in [9.17, 15) is 4.79 Å². The first-order chi connectivity index (χ1) is 11.2. The fourth-order valence-electron chi connectivity index (χ4n) is 2.04. The molecular weight excluding hydrogens is 294 g/mol. The first kappa shape index (κ1) is 16.6. The van der Waals surface area contributed by atoms with Crippen LogP contribution in [0.5, 0.6) is 11.5 Å². The Labute approximate surface area is 135 Å². The Hall–Kier alpha value is -2.76. The van der Waals surface area contributed by atoms with Crippen LogP contribution in [0.15, 0.2) is 36.7 Å². The van der Waals surface area contributed by atoms with E-state index in [1.165, 1.54) is 0 Å². The van der Waals surface area contributed by atoms with E-state index in [-0.39, 0.29) is 5.91 Å². The van der Waals surface area contributed by atoms with Gasteiger partial charge in [0.05, 0.1) is 37.4 Å². The molecule has 0 saturated carbocycles. The van der Waals surface area contributed by atoms with Crippen LogP contribution in [0.3, 0.4) is 0 Å². The Kier molecular flexibility index (Phi) is 5.80. The number of methoxy groups -OCH3 is 2. The maximum Gasteiger partial charge on any atom is 0.252 e. The van der Waals surface area contributed by atoms with Gasteiger partial charge in [-0.2, -0.15) is 0 Å². The summed E-state index contributed by atoms with van der Waals surface area (Å²) in [6, 6.07) is 7.20. The van der Waals surface area contributed by atoms with Crippen molar-refractivity contribution >= 4 is 17.3 Å². The molecule has 2 rings (SSSR count). The minimum atomic E-state index is -0.138. The molecule has 0 spiro atoms. The average Bonchev–Trinajstić information content (AvgIpc) is 2.59. The van der Waals surface area contributed by atoms with E-state index in [2.05, 4.69) is 15.6 Å². The summed E-state index contributed by atoms with van der Waals surface area (Å²) in [5.41, 5.74) is 1.94. The maximum atomic E-state index is 12.0. The molecule has 1 amide bonds. The van der Waals surface area contributed by atoms with Gasteiger partial charge in [-0.15, -0.1) is 0 Å². The highest BCUT2D eigenvalue weighted by molar-refractivity contribution is 5.94. The van der Waals surface area contributed by atoms with Crippen LogP contribution in [0, 0.1) is 0 Å². The number of amides is 1. The molecule has 0 saturated heterocycles. The Morgan fingerprint density at radius 2 is 2.00 bits per heavy atom. The largest absolute Gasteiger partial charge is 0.497 e. The van der Waals surface area contributed by atoms with Crippen LogP contribution < -0.4 is 20.1 Å². The summed E-state index contributed by atoms with van der Waals surface area (Å²) in [4.78, 5) is 16.1. The SMILES string of the molecule is CCCNC(=O)c1cncc(Nc2cc(OC)ccc2OC)c1. The van der Waals surface area contributed by atoms with Crippen LogP contribution in [0.4, 0.5) is 11.4 Å². The molecule has 6 nitrogen and oxygen atoms in total. The lowest BCUT2D eigenvalue weighted by molar-refractivity contribution is 0.0953. The Bertz CT molecular complexity index is 674. The van der Waals surface area contributed by atoms with Gasteiger partial charge in [-0.25, -0.2) is 0 Å². The van der Waals surface area contributed by atoms with Crippen molar-refractivity contribution in [3.63, 3.8) is 0 Å². The molecule has 0 fully saturated rings. The minimum Gasteiger partial charge on any atom is -0.497 e. The number of hydrogen-bond acceptors (Lipinski definition) is 5. The van der Waals surface area contributed by atoms with Crippen LogP contribution in [-0.4, -0.2) is 31.7 Å². The van der Waals surface area contributed by atoms with Crippen LogP contribution in [0.2, 0.25) is 0 Å². The summed E-state index contributed by atoms with van der Waals surface area (Å²) in [6.45, 7) is 2.64. The normalized spacial score (nSPS) is 10.0. The lowest BCUT2D eigenvalue weighted by Crippen LogP contribution is -2.24. The number of rotatable bonds is 7. The van der Waals surface area contributed by atoms with Crippen LogP contribution in [0.25, 0.3) is 0 Å². The third kappa shape index (κ3) is 4.35. The highest BCUT2D eigenvalue weighted by Crippen LogP contribution is 2.31. The lowest BCUT2D eigenvalue weighted by Gasteiger charge is -2.13. The number of aromatic nitrogens is 1. The summed E-state index contributed by atoms with van der Waals surface area (Å²) in [6.07, 6.45) is 4.08. The molecule has 0 aliphatic heterocycles. The smallest absolute Gasteiger partial charge is 0.252 e. The monoisotopic (exact) mass is 315 g/mol. The topological polar surface area (TPSA) is 72.5 Å². The molecule has 1 aromatic heterocycles. The number of nitrogens with zero attached hydrogens (tertiary/aromatic N) is 1. The molecule has 6 heteroatoms. The molecular formula is C17H21N3O3. The molecule has 0 aliphatic rings. The number of carbonyl (C=O) groups excluding carboxylic acids is 1. The van der Waals surface area contributed by atoms with Crippen molar-refractivity contribution in [3.05, 3.63) is 42.2 Å². The van der Waals surface area contributed by atoms with E-state index >= 15 is 0 Å².